The van der Waals surface area contributed by atoms with Crippen molar-refractivity contribution in [1.82, 2.24) is 0 Å². The summed E-state index contributed by atoms with van der Waals surface area (Å²) in [6.07, 6.45) is -0.271. The van der Waals surface area contributed by atoms with Crippen molar-refractivity contribution in [3.63, 3.8) is 0 Å². The number of carbonyl (C=O) groups excluding carboxylic acids is 1. The van der Waals surface area contributed by atoms with Crippen LogP contribution < -0.4 is 10.8 Å². The lowest BCUT2D eigenvalue weighted by atomic mass is 10.3. The minimum absolute atomic E-state index is 0.0935. The van der Waals surface area contributed by atoms with Gasteiger partial charge in [-0.2, -0.15) is 0 Å². The molecule has 7 heteroatoms. The fourth-order valence-electron chi connectivity index (χ4n) is 0.581. The number of nitrogens with two attached hydrogens (primary N) is 1. The lowest BCUT2D eigenvalue weighted by molar-refractivity contribution is -0.305. The zero-order valence-electron chi connectivity index (χ0n) is 5.64. The Balaban J connectivity index is 4.35. The van der Waals surface area contributed by atoms with E-state index in [9.17, 15) is 14.5 Å². The molecule has 0 saturated carbocycles. The Kier molecular flexibility index (Phi) is 3.68. The monoisotopic (exact) mass is 182 g/mol. The summed E-state index contributed by atoms with van der Waals surface area (Å²) in [6.45, 7) is -0.0935. The first kappa shape index (κ1) is 10.6. The van der Waals surface area contributed by atoms with Gasteiger partial charge < -0.3 is 25.4 Å². The number of carboxylic acid groups (broad SMARTS) is 1. The van der Waals surface area contributed by atoms with E-state index < -0.39 is 19.2 Å². The summed E-state index contributed by atoms with van der Waals surface area (Å²) in [6, 6.07) is 0. The highest BCUT2D eigenvalue weighted by Crippen LogP contribution is 2.42. The molecular weight excluding hydrogens is 173 g/mol. The molecule has 0 heterocycles. The van der Waals surface area contributed by atoms with Gasteiger partial charge in [-0.05, 0) is 13.0 Å². The summed E-state index contributed by atoms with van der Waals surface area (Å²) in [5.41, 5.74) is 3.16. The summed E-state index contributed by atoms with van der Waals surface area (Å²) < 4.78 is 10.4. The van der Waals surface area contributed by atoms with Crippen LogP contribution in [0.15, 0.2) is 0 Å². The summed E-state index contributed by atoms with van der Waals surface area (Å²) in [7, 11) is -4.59. The molecule has 0 aliphatic carbocycles. The summed E-state index contributed by atoms with van der Waals surface area (Å²) >= 11 is 0. The fraction of sp³-hybridized carbons (Fsp3) is 0.750. The third-order valence-electron chi connectivity index (χ3n) is 1.12. The van der Waals surface area contributed by atoms with Crippen LogP contribution in [0.5, 0.6) is 0 Å². The summed E-state index contributed by atoms with van der Waals surface area (Å²) in [5.74, 6) is -1.76. The molecule has 0 bridgehead atoms. The molecule has 0 radical (unpaired) electrons. The van der Waals surface area contributed by atoms with E-state index in [1.807, 2.05) is 0 Å². The van der Waals surface area contributed by atoms with Crippen molar-refractivity contribution in [1.29, 1.82) is 0 Å². The molecule has 4 N–H and O–H groups in total. The summed E-state index contributed by atoms with van der Waals surface area (Å²) in [4.78, 5) is 26.9. The molecule has 0 spiro atoms. The molecule has 0 rings (SSSR count). The van der Waals surface area contributed by atoms with E-state index in [2.05, 4.69) is 0 Å². The predicted octanol–water partition coefficient (Wildman–Crippen LogP) is -2.37. The molecule has 6 nitrogen and oxygen atoms in total. The molecule has 0 amide bonds. The van der Waals surface area contributed by atoms with E-state index in [1.165, 1.54) is 0 Å². The van der Waals surface area contributed by atoms with Crippen LogP contribution in [0, 0.1) is 0 Å². The SMILES string of the molecule is NCCC(C(=O)[O-])P(=O)(O)O. The zero-order chi connectivity index (χ0) is 9.07. The van der Waals surface area contributed by atoms with Gasteiger partial charge in [0, 0.05) is 0 Å². The van der Waals surface area contributed by atoms with E-state index in [0.29, 0.717) is 0 Å². The molecule has 0 saturated heterocycles. The van der Waals surface area contributed by atoms with Crippen LogP contribution in [0.4, 0.5) is 0 Å². The van der Waals surface area contributed by atoms with Crippen molar-refractivity contribution < 1.29 is 24.3 Å². The average Bonchev–Trinajstić information content (AvgIpc) is 1.79. The van der Waals surface area contributed by atoms with Gasteiger partial charge in [-0.15, -0.1) is 0 Å². The van der Waals surface area contributed by atoms with Gasteiger partial charge in [0.2, 0.25) is 0 Å². The Labute approximate surface area is 63.2 Å². The molecule has 1 unspecified atom stereocenters. The Morgan fingerprint density at radius 2 is 2.09 bits per heavy atom. The molecule has 0 aliphatic rings. The zero-order valence-corrected chi connectivity index (χ0v) is 6.53. The van der Waals surface area contributed by atoms with E-state index in [1.54, 1.807) is 0 Å². The predicted molar refractivity (Wildman–Crippen MR) is 34.5 cm³/mol. The lowest BCUT2D eigenvalue weighted by Gasteiger charge is -2.17. The number of carboxylic acids is 1. The second-order valence-corrected chi connectivity index (χ2v) is 3.80. The van der Waals surface area contributed by atoms with Crippen molar-refractivity contribution in [3.05, 3.63) is 0 Å². The molecule has 0 aromatic carbocycles. The standard InChI is InChI=1S/C4H10NO5P/c5-2-1-3(4(6)7)11(8,9)10/h3H,1-2,5H2,(H,6,7)(H2,8,9,10)/p-1. The smallest absolute Gasteiger partial charge is 0.334 e. The van der Waals surface area contributed by atoms with Crippen LogP contribution in [0.2, 0.25) is 0 Å². The van der Waals surface area contributed by atoms with Gasteiger partial charge in [-0.1, -0.05) is 0 Å². The first-order valence-electron chi connectivity index (χ1n) is 2.85. The van der Waals surface area contributed by atoms with Crippen molar-refractivity contribution in [2.45, 2.75) is 12.1 Å². The number of hydrogen-bond acceptors (Lipinski definition) is 4. The lowest BCUT2D eigenvalue weighted by Crippen LogP contribution is -2.36. The second kappa shape index (κ2) is 3.82. The molecule has 11 heavy (non-hydrogen) atoms. The highest BCUT2D eigenvalue weighted by molar-refractivity contribution is 7.53. The maximum Gasteiger partial charge on any atom is 0.334 e. The van der Waals surface area contributed by atoms with Gasteiger partial charge in [-0.3, -0.25) is 4.57 Å². The van der Waals surface area contributed by atoms with Crippen LogP contribution in [0.1, 0.15) is 6.42 Å². The normalized spacial score (nSPS) is 14.5. The van der Waals surface area contributed by atoms with Crippen LogP contribution in [0.25, 0.3) is 0 Å². The first-order valence-corrected chi connectivity index (χ1v) is 4.54. The van der Waals surface area contributed by atoms with Gasteiger partial charge in [0.15, 0.2) is 0 Å². The Hall–Kier alpha value is -0.420. The van der Waals surface area contributed by atoms with E-state index in [-0.39, 0.29) is 13.0 Å². The van der Waals surface area contributed by atoms with Gasteiger partial charge >= 0.3 is 7.60 Å². The topological polar surface area (TPSA) is 124 Å². The highest BCUT2D eigenvalue weighted by atomic mass is 31.2. The third-order valence-corrected chi connectivity index (χ3v) is 2.40. The summed E-state index contributed by atoms with van der Waals surface area (Å²) in [5, 5.41) is 10.1. The van der Waals surface area contributed by atoms with Crippen LogP contribution in [-0.4, -0.2) is 28.0 Å². The second-order valence-electron chi connectivity index (χ2n) is 2.00. The van der Waals surface area contributed by atoms with Crippen molar-refractivity contribution in [2.24, 2.45) is 5.73 Å². The first-order chi connectivity index (χ1) is 4.89. The maximum absolute atomic E-state index is 10.4. The molecule has 66 valence electrons. The molecule has 0 aromatic heterocycles. The molecule has 1 atom stereocenters. The van der Waals surface area contributed by atoms with Crippen molar-refractivity contribution in [2.75, 3.05) is 6.54 Å². The van der Waals surface area contributed by atoms with Gasteiger partial charge in [0.25, 0.3) is 0 Å². The van der Waals surface area contributed by atoms with Crippen LogP contribution in [-0.2, 0) is 9.36 Å². The van der Waals surface area contributed by atoms with Gasteiger partial charge in [0.1, 0.15) is 5.66 Å². The number of hydrogen-bond donors (Lipinski definition) is 3. The van der Waals surface area contributed by atoms with E-state index in [0.717, 1.165) is 0 Å². The molecule has 0 aromatic rings. The molecule has 0 fully saturated rings. The highest BCUT2D eigenvalue weighted by Gasteiger charge is 2.28. The minimum Gasteiger partial charge on any atom is -0.549 e. The van der Waals surface area contributed by atoms with Gasteiger partial charge in [-0.25, -0.2) is 0 Å². The van der Waals surface area contributed by atoms with Crippen molar-refractivity contribution >= 4 is 13.6 Å². The fourth-order valence-corrected chi connectivity index (χ4v) is 1.34. The Morgan fingerprint density at radius 1 is 1.64 bits per heavy atom. The minimum atomic E-state index is -4.59. The van der Waals surface area contributed by atoms with Crippen LogP contribution >= 0.6 is 7.60 Å². The quantitative estimate of drug-likeness (QED) is 0.417. The molecular formula is C4H9NO5P-. The van der Waals surface area contributed by atoms with E-state index >= 15 is 0 Å². The number of rotatable bonds is 4. The molecule has 0 aliphatic heterocycles. The Bertz CT molecular complexity index is 187. The maximum atomic E-state index is 10.4. The van der Waals surface area contributed by atoms with E-state index in [4.69, 9.17) is 15.5 Å². The third kappa shape index (κ3) is 3.48. The number of aliphatic carboxylic acids is 1. The van der Waals surface area contributed by atoms with Crippen molar-refractivity contribution in [3.8, 4) is 0 Å². The van der Waals surface area contributed by atoms with Gasteiger partial charge in [0.05, 0.1) is 5.97 Å². The average molecular weight is 182 g/mol. The Morgan fingerprint density at radius 3 is 2.18 bits per heavy atom. The number of carbonyl (C=O) groups is 1. The van der Waals surface area contributed by atoms with Crippen LogP contribution in [0.3, 0.4) is 0 Å². The largest absolute Gasteiger partial charge is 0.549 e.